The first kappa shape index (κ1) is 19.2. The SMILES string of the molecule is N#C/C(=C\c1ccc(OCC(=O)O)c(Br)c1)C(=O)NCc1ccccc1. The van der Waals surface area contributed by atoms with Crippen LogP contribution in [0.1, 0.15) is 11.1 Å². The van der Waals surface area contributed by atoms with E-state index >= 15 is 0 Å². The molecule has 26 heavy (non-hydrogen) atoms. The number of carboxylic acid groups (broad SMARTS) is 1. The Morgan fingerprint density at radius 1 is 1.23 bits per heavy atom. The lowest BCUT2D eigenvalue weighted by Crippen LogP contribution is -2.23. The molecule has 0 saturated heterocycles. The van der Waals surface area contributed by atoms with Crippen molar-refractivity contribution in [2.24, 2.45) is 0 Å². The number of hydrogen-bond donors (Lipinski definition) is 2. The maximum Gasteiger partial charge on any atom is 0.341 e. The molecule has 0 bridgehead atoms. The van der Waals surface area contributed by atoms with Crippen molar-refractivity contribution in [3.05, 3.63) is 69.7 Å². The number of amides is 1. The number of halogens is 1. The molecule has 2 aromatic rings. The highest BCUT2D eigenvalue weighted by atomic mass is 79.9. The molecule has 0 aliphatic carbocycles. The summed E-state index contributed by atoms with van der Waals surface area (Å²) in [7, 11) is 0. The Hall–Kier alpha value is -3.11. The predicted molar refractivity (Wildman–Crippen MR) is 99.2 cm³/mol. The number of nitrogens with zero attached hydrogens (tertiary/aromatic N) is 1. The molecule has 0 spiro atoms. The highest BCUT2D eigenvalue weighted by Crippen LogP contribution is 2.27. The standard InChI is InChI=1S/C19H15BrN2O4/c20-16-9-14(6-7-17(16)26-12-18(23)24)8-15(10-21)19(25)22-11-13-4-2-1-3-5-13/h1-9H,11-12H2,(H,22,25)(H,23,24)/b15-8+. The summed E-state index contributed by atoms with van der Waals surface area (Å²) in [5.74, 6) is -1.20. The quantitative estimate of drug-likeness (QED) is 0.535. The van der Waals surface area contributed by atoms with Crippen LogP contribution in [0.3, 0.4) is 0 Å². The Morgan fingerprint density at radius 2 is 1.96 bits per heavy atom. The number of benzene rings is 2. The van der Waals surface area contributed by atoms with Crippen molar-refractivity contribution in [1.29, 1.82) is 5.26 Å². The molecule has 0 unspecified atom stereocenters. The number of nitrogens with one attached hydrogen (secondary N) is 1. The summed E-state index contributed by atoms with van der Waals surface area (Å²) in [5, 5.41) is 20.6. The largest absolute Gasteiger partial charge is 0.481 e. The van der Waals surface area contributed by atoms with Gasteiger partial charge in [0.25, 0.3) is 5.91 Å². The minimum absolute atomic E-state index is 0.0352. The molecule has 1 amide bonds. The molecule has 132 valence electrons. The van der Waals surface area contributed by atoms with Crippen LogP contribution >= 0.6 is 15.9 Å². The molecule has 6 nitrogen and oxygen atoms in total. The van der Waals surface area contributed by atoms with Crippen molar-refractivity contribution in [3.8, 4) is 11.8 Å². The van der Waals surface area contributed by atoms with E-state index in [0.717, 1.165) is 5.56 Å². The molecule has 2 aromatic carbocycles. The fourth-order valence-corrected chi connectivity index (χ4v) is 2.56. The smallest absolute Gasteiger partial charge is 0.341 e. The lowest BCUT2D eigenvalue weighted by Gasteiger charge is -2.07. The average molecular weight is 415 g/mol. The fourth-order valence-electron chi connectivity index (χ4n) is 2.05. The first-order valence-corrected chi connectivity index (χ1v) is 8.37. The second-order valence-corrected chi connectivity index (χ2v) is 6.06. The van der Waals surface area contributed by atoms with Crippen LogP contribution in [0.2, 0.25) is 0 Å². The number of carboxylic acids is 1. The number of rotatable bonds is 7. The Balaban J connectivity index is 2.07. The number of carbonyl (C=O) groups is 2. The number of nitriles is 1. The van der Waals surface area contributed by atoms with Gasteiger partial charge in [-0.2, -0.15) is 5.26 Å². The molecule has 0 aliphatic heterocycles. The Bertz CT molecular complexity index is 873. The molecule has 0 atom stereocenters. The van der Waals surface area contributed by atoms with Gasteiger partial charge in [0.15, 0.2) is 6.61 Å². The van der Waals surface area contributed by atoms with Gasteiger partial charge in [0.1, 0.15) is 17.4 Å². The van der Waals surface area contributed by atoms with E-state index in [1.807, 2.05) is 36.4 Å². The molecular formula is C19H15BrN2O4. The van der Waals surface area contributed by atoms with Gasteiger partial charge in [-0.1, -0.05) is 36.4 Å². The summed E-state index contributed by atoms with van der Waals surface area (Å²) in [6.07, 6.45) is 1.45. The predicted octanol–water partition coefficient (Wildman–Crippen LogP) is 3.14. The van der Waals surface area contributed by atoms with Gasteiger partial charge in [-0.05, 0) is 45.3 Å². The number of ether oxygens (including phenoxy) is 1. The number of aliphatic carboxylic acids is 1. The van der Waals surface area contributed by atoms with Gasteiger partial charge in [-0.15, -0.1) is 0 Å². The second-order valence-electron chi connectivity index (χ2n) is 5.21. The average Bonchev–Trinajstić information content (AvgIpc) is 2.64. The molecule has 2 N–H and O–H groups in total. The van der Waals surface area contributed by atoms with Gasteiger partial charge >= 0.3 is 5.97 Å². The zero-order valence-electron chi connectivity index (χ0n) is 13.6. The van der Waals surface area contributed by atoms with E-state index in [1.165, 1.54) is 6.08 Å². The molecule has 7 heteroatoms. The fraction of sp³-hybridized carbons (Fsp3) is 0.105. The van der Waals surface area contributed by atoms with Crippen molar-refractivity contribution in [2.45, 2.75) is 6.54 Å². The van der Waals surface area contributed by atoms with E-state index in [4.69, 9.17) is 9.84 Å². The lowest BCUT2D eigenvalue weighted by molar-refractivity contribution is -0.139. The van der Waals surface area contributed by atoms with Crippen LogP contribution < -0.4 is 10.1 Å². The Morgan fingerprint density at radius 3 is 2.58 bits per heavy atom. The van der Waals surface area contributed by atoms with E-state index in [-0.39, 0.29) is 5.57 Å². The zero-order valence-corrected chi connectivity index (χ0v) is 15.2. The van der Waals surface area contributed by atoms with Gasteiger partial charge in [0.2, 0.25) is 0 Å². The molecule has 0 saturated carbocycles. The van der Waals surface area contributed by atoms with Crippen molar-refractivity contribution >= 4 is 33.9 Å². The summed E-state index contributed by atoms with van der Waals surface area (Å²) in [6.45, 7) is -0.135. The Kier molecular flexibility index (Phi) is 6.94. The number of hydrogen-bond acceptors (Lipinski definition) is 4. The van der Waals surface area contributed by atoms with Crippen molar-refractivity contribution in [2.75, 3.05) is 6.61 Å². The third-order valence-electron chi connectivity index (χ3n) is 3.28. The van der Waals surface area contributed by atoms with Crippen LogP contribution in [0.5, 0.6) is 5.75 Å². The highest BCUT2D eigenvalue weighted by molar-refractivity contribution is 9.10. The summed E-state index contributed by atoms with van der Waals surface area (Å²) in [5.41, 5.74) is 1.50. The summed E-state index contributed by atoms with van der Waals surface area (Å²) in [6, 6.07) is 16.1. The van der Waals surface area contributed by atoms with E-state index in [9.17, 15) is 14.9 Å². The summed E-state index contributed by atoms with van der Waals surface area (Å²) >= 11 is 3.28. The third-order valence-corrected chi connectivity index (χ3v) is 3.90. The summed E-state index contributed by atoms with van der Waals surface area (Å²) < 4.78 is 5.63. The van der Waals surface area contributed by atoms with Gasteiger partial charge in [0, 0.05) is 6.54 Å². The molecular weight excluding hydrogens is 400 g/mol. The molecule has 0 heterocycles. The van der Waals surface area contributed by atoms with Crippen molar-refractivity contribution < 1.29 is 19.4 Å². The van der Waals surface area contributed by atoms with Crippen LogP contribution in [0.4, 0.5) is 0 Å². The normalized spacial score (nSPS) is 10.7. The number of carbonyl (C=O) groups excluding carboxylic acids is 1. The van der Waals surface area contributed by atoms with Crippen molar-refractivity contribution in [3.63, 3.8) is 0 Å². The molecule has 0 fully saturated rings. The van der Waals surface area contributed by atoms with Crippen LogP contribution in [0.25, 0.3) is 6.08 Å². The van der Waals surface area contributed by atoms with Gasteiger partial charge in [-0.25, -0.2) is 4.79 Å². The lowest BCUT2D eigenvalue weighted by atomic mass is 10.1. The van der Waals surface area contributed by atoms with Gasteiger partial charge in [0.05, 0.1) is 4.47 Å². The van der Waals surface area contributed by atoms with Crippen LogP contribution in [0, 0.1) is 11.3 Å². The van der Waals surface area contributed by atoms with Crippen LogP contribution in [0.15, 0.2) is 58.6 Å². The molecule has 2 rings (SSSR count). The van der Waals surface area contributed by atoms with E-state index < -0.39 is 18.5 Å². The van der Waals surface area contributed by atoms with E-state index in [0.29, 0.717) is 22.3 Å². The molecule has 0 aliphatic rings. The van der Waals surface area contributed by atoms with E-state index in [2.05, 4.69) is 21.2 Å². The third kappa shape index (κ3) is 5.76. The van der Waals surface area contributed by atoms with Crippen LogP contribution in [-0.4, -0.2) is 23.6 Å². The topological polar surface area (TPSA) is 99.4 Å². The zero-order chi connectivity index (χ0) is 18.9. The molecule has 0 aromatic heterocycles. The maximum absolute atomic E-state index is 12.2. The monoisotopic (exact) mass is 414 g/mol. The van der Waals surface area contributed by atoms with E-state index in [1.54, 1.807) is 18.2 Å². The van der Waals surface area contributed by atoms with Crippen LogP contribution in [-0.2, 0) is 16.1 Å². The maximum atomic E-state index is 12.2. The highest BCUT2D eigenvalue weighted by Gasteiger charge is 2.10. The minimum Gasteiger partial charge on any atom is -0.481 e. The van der Waals surface area contributed by atoms with Crippen molar-refractivity contribution in [1.82, 2.24) is 5.32 Å². The molecule has 0 radical (unpaired) electrons. The summed E-state index contributed by atoms with van der Waals surface area (Å²) in [4.78, 5) is 22.7. The van der Waals surface area contributed by atoms with Gasteiger partial charge < -0.3 is 15.2 Å². The Labute approximate surface area is 158 Å². The minimum atomic E-state index is -1.08. The first-order valence-electron chi connectivity index (χ1n) is 7.57. The first-order chi connectivity index (χ1) is 12.5. The second kappa shape index (κ2) is 9.39. The van der Waals surface area contributed by atoms with Gasteiger partial charge in [-0.3, -0.25) is 4.79 Å².